The van der Waals surface area contributed by atoms with E-state index >= 15 is 0 Å². The highest BCUT2D eigenvalue weighted by Crippen LogP contribution is 2.39. The van der Waals surface area contributed by atoms with Gasteiger partial charge in [0.1, 0.15) is 11.7 Å². The van der Waals surface area contributed by atoms with E-state index in [1.54, 1.807) is 7.11 Å². The Morgan fingerprint density at radius 2 is 2.38 bits per heavy atom. The summed E-state index contributed by atoms with van der Waals surface area (Å²) in [4.78, 5) is 0. The summed E-state index contributed by atoms with van der Waals surface area (Å²) in [6.45, 7) is 3.28. The van der Waals surface area contributed by atoms with Gasteiger partial charge in [-0.3, -0.25) is 0 Å². The van der Waals surface area contributed by atoms with Gasteiger partial charge in [-0.25, -0.2) is 0 Å². The van der Waals surface area contributed by atoms with Crippen LogP contribution in [0, 0.1) is 0 Å². The molecule has 0 saturated carbocycles. The first-order chi connectivity index (χ1) is 6.23. The fourth-order valence-electron chi connectivity index (χ4n) is 2.51. The number of hydrogen-bond acceptors (Lipinski definition) is 4. The van der Waals surface area contributed by atoms with E-state index in [2.05, 4.69) is 5.32 Å². The molecule has 2 aliphatic rings. The monoisotopic (exact) mass is 187 g/mol. The molecule has 2 rings (SSSR count). The quantitative estimate of drug-likeness (QED) is 0.663. The molecule has 1 N–H and O–H groups in total. The molecule has 4 unspecified atom stereocenters. The summed E-state index contributed by atoms with van der Waals surface area (Å²) in [5.74, 6) is 0. The molecule has 0 aliphatic carbocycles. The molecule has 0 aromatic carbocycles. The first kappa shape index (κ1) is 9.40. The molecule has 13 heavy (non-hydrogen) atoms. The average Bonchev–Trinajstić information content (AvgIpc) is 2.55. The van der Waals surface area contributed by atoms with Gasteiger partial charge < -0.3 is 19.5 Å². The molecule has 2 saturated heterocycles. The third-order valence-corrected chi connectivity index (χ3v) is 3.00. The van der Waals surface area contributed by atoms with Crippen LogP contribution in [-0.2, 0) is 14.2 Å². The van der Waals surface area contributed by atoms with Gasteiger partial charge in [-0.1, -0.05) is 0 Å². The minimum Gasteiger partial charge on any atom is -0.382 e. The lowest BCUT2D eigenvalue weighted by molar-refractivity contribution is -0.155. The maximum absolute atomic E-state index is 5.88. The first-order valence-corrected chi connectivity index (χ1v) is 4.69. The second kappa shape index (κ2) is 3.20. The molecular weight excluding hydrogens is 170 g/mol. The highest BCUT2D eigenvalue weighted by atomic mass is 16.6. The van der Waals surface area contributed by atoms with Crippen LogP contribution in [0.15, 0.2) is 0 Å². The van der Waals surface area contributed by atoms with E-state index in [9.17, 15) is 0 Å². The Bertz CT molecular complexity index is 199. The van der Waals surface area contributed by atoms with E-state index in [4.69, 9.17) is 14.2 Å². The maximum Gasteiger partial charge on any atom is 0.133 e. The number of rotatable bonds is 3. The fraction of sp³-hybridized carbons (Fsp3) is 1.00. The summed E-state index contributed by atoms with van der Waals surface area (Å²) >= 11 is 0. The number of ether oxygens (including phenoxy) is 3. The van der Waals surface area contributed by atoms with Crippen molar-refractivity contribution in [1.82, 2.24) is 5.32 Å². The van der Waals surface area contributed by atoms with Gasteiger partial charge in [-0.2, -0.15) is 0 Å². The summed E-state index contributed by atoms with van der Waals surface area (Å²) in [5.41, 5.74) is -0.256. The first-order valence-electron chi connectivity index (χ1n) is 4.69. The molecule has 0 radical (unpaired) electrons. The zero-order valence-corrected chi connectivity index (χ0v) is 8.37. The van der Waals surface area contributed by atoms with E-state index < -0.39 is 0 Å². The van der Waals surface area contributed by atoms with Crippen molar-refractivity contribution in [3.63, 3.8) is 0 Å². The second-order valence-electron chi connectivity index (χ2n) is 3.86. The van der Waals surface area contributed by atoms with Crippen molar-refractivity contribution in [2.24, 2.45) is 0 Å². The van der Waals surface area contributed by atoms with Gasteiger partial charge in [0.05, 0.1) is 25.4 Å². The topological polar surface area (TPSA) is 39.7 Å². The minimum absolute atomic E-state index is 0.168. The number of methoxy groups -OCH3 is 1. The number of nitrogens with one attached hydrogen (secondary N) is 1. The van der Waals surface area contributed by atoms with Crippen LogP contribution in [0.1, 0.15) is 6.92 Å². The third kappa shape index (κ3) is 1.21. The molecule has 4 atom stereocenters. The predicted molar refractivity (Wildman–Crippen MR) is 47.7 cm³/mol. The lowest BCUT2D eigenvalue weighted by atomic mass is 9.97. The summed E-state index contributed by atoms with van der Waals surface area (Å²) in [6, 6.07) is 0.266. The Balaban J connectivity index is 2.17. The molecule has 4 heteroatoms. The lowest BCUT2D eigenvalue weighted by Crippen LogP contribution is -2.50. The molecule has 0 aromatic rings. The van der Waals surface area contributed by atoms with Gasteiger partial charge in [-0.15, -0.1) is 0 Å². The van der Waals surface area contributed by atoms with Crippen molar-refractivity contribution < 1.29 is 14.2 Å². The number of fused-ring (bicyclic) bond motifs is 2. The molecule has 76 valence electrons. The van der Waals surface area contributed by atoms with Crippen molar-refractivity contribution in [2.75, 3.05) is 27.4 Å². The van der Waals surface area contributed by atoms with Crippen LogP contribution in [0.3, 0.4) is 0 Å². The van der Waals surface area contributed by atoms with Gasteiger partial charge in [0.25, 0.3) is 0 Å². The molecule has 2 fully saturated rings. The van der Waals surface area contributed by atoms with Crippen molar-refractivity contribution in [2.45, 2.75) is 30.8 Å². The van der Waals surface area contributed by atoms with Crippen LogP contribution >= 0.6 is 0 Å². The highest BCUT2D eigenvalue weighted by molar-refractivity contribution is 5.10. The van der Waals surface area contributed by atoms with E-state index in [1.165, 1.54) is 0 Å². The van der Waals surface area contributed by atoms with Crippen LogP contribution in [0.4, 0.5) is 0 Å². The molecule has 0 aromatic heterocycles. The van der Waals surface area contributed by atoms with Gasteiger partial charge >= 0.3 is 0 Å². The van der Waals surface area contributed by atoms with Gasteiger partial charge in [0.15, 0.2) is 0 Å². The van der Waals surface area contributed by atoms with E-state index in [-0.39, 0.29) is 23.9 Å². The summed E-state index contributed by atoms with van der Waals surface area (Å²) in [7, 11) is 3.64. The molecule has 4 nitrogen and oxygen atoms in total. The second-order valence-corrected chi connectivity index (χ2v) is 3.86. The van der Waals surface area contributed by atoms with Crippen LogP contribution in [0.2, 0.25) is 0 Å². The van der Waals surface area contributed by atoms with Gasteiger partial charge in [0, 0.05) is 7.11 Å². The molecule has 2 aliphatic heterocycles. The smallest absolute Gasteiger partial charge is 0.133 e. The Kier molecular flexibility index (Phi) is 2.32. The van der Waals surface area contributed by atoms with E-state index in [1.807, 2.05) is 14.0 Å². The van der Waals surface area contributed by atoms with E-state index in [0.717, 1.165) is 0 Å². The van der Waals surface area contributed by atoms with Crippen molar-refractivity contribution in [3.8, 4) is 0 Å². The van der Waals surface area contributed by atoms with Crippen LogP contribution in [0.25, 0.3) is 0 Å². The fourth-order valence-corrected chi connectivity index (χ4v) is 2.51. The Hall–Kier alpha value is -0.160. The highest BCUT2D eigenvalue weighted by Gasteiger charge is 2.59. The standard InChI is InChI=1S/C9H17NO3/c1-6-7-8(10-2)9(13-6,4-11-3)5-12-7/h6-8,10H,4-5H2,1-3H3. The van der Waals surface area contributed by atoms with Gasteiger partial charge in [-0.05, 0) is 14.0 Å². The third-order valence-electron chi connectivity index (χ3n) is 3.00. The van der Waals surface area contributed by atoms with Crippen molar-refractivity contribution >= 4 is 0 Å². The molecule has 2 bridgehead atoms. The Morgan fingerprint density at radius 1 is 1.62 bits per heavy atom. The zero-order chi connectivity index (χ0) is 9.47. The van der Waals surface area contributed by atoms with Crippen molar-refractivity contribution in [3.05, 3.63) is 0 Å². The minimum atomic E-state index is -0.256. The van der Waals surface area contributed by atoms with Crippen molar-refractivity contribution in [1.29, 1.82) is 0 Å². The molecule has 2 heterocycles. The summed E-state index contributed by atoms with van der Waals surface area (Å²) in [5, 5.41) is 3.25. The SMILES string of the molecule is CNC1C2OCC1(COC)OC2C. The van der Waals surface area contributed by atoms with E-state index in [0.29, 0.717) is 13.2 Å². The maximum atomic E-state index is 5.88. The predicted octanol–water partition coefficient (Wildman–Crippen LogP) is -0.223. The molecule has 0 spiro atoms. The normalized spacial score (nSPS) is 48.7. The molecule has 0 amide bonds. The average molecular weight is 187 g/mol. The Morgan fingerprint density at radius 3 is 2.92 bits per heavy atom. The van der Waals surface area contributed by atoms with Crippen LogP contribution in [0.5, 0.6) is 0 Å². The lowest BCUT2D eigenvalue weighted by Gasteiger charge is -2.29. The Labute approximate surface area is 78.5 Å². The van der Waals surface area contributed by atoms with Gasteiger partial charge in [0.2, 0.25) is 0 Å². The number of hydrogen-bond donors (Lipinski definition) is 1. The summed E-state index contributed by atoms with van der Waals surface area (Å²) in [6.07, 6.45) is 0.349. The largest absolute Gasteiger partial charge is 0.382 e. The molecular formula is C9H17NO3. The van der Waals surface area contributed by atoms with Crippen LogP contribution in [-0.4, -0.2) is 51.2 Å². The zero-order valence-electron chi connectivity index (χ0n) is 8.37. The summed E-state index contributed by atoms with van der Waals surface area (Å²) < 4.78 is 16.7. The van der Waals surface area contributed by atoms with Crippen LogP contribution < -0.4 is 5.32 Å². The number of likely N-dealkylation sites (N-methyl/N-ethyl adjacent to an activating group) is 1.